The number of hydrogen-bond acceptors (Lipinski definition) is 4. The highest BCUT2D eigenvalue weighted by molar-refractivity contribution is 7.07. The molecule has 0 saturated heterocycles. The van der Waals surface area contributed by atoms with Crippen LogP contribution in [0.2, 0.25) is 0 Å². The second-order valence-corrected chi connectivity index (χ2v) is 5.31. The van der Waals surface area contributed by atoms with Crippen LogP contribution in [0.15, 0.2) is 41.2 Å². The Labute approximate surface area is 123 Å². The van der Waals surface area contributed by atoms with E-state index in [9.17, 15) is 4.79 Å². The smallest absolute Gasteiger partial charge is 0.273 e. The van der Waals surface area contributed by atoms with Gasteiger partial charge in [0.05, 0.1) is 18.2 Å². The van der Waals surface area contributed by atoms with Crippen molar-refractivity contribution in [2.45, 2.75) is 12.5 Å². The first kappa shape index (κ1) is 14.7. The van der Waals surface area contributed by atoms with Crippen molar-refractivity contribution in [3.8, 4) is 0 Å². The van der Waals surface area contributed by atoms with E-state index < -0.39 is 0 Å². The molecular formula is C15H18N2O2S. The van der Waals surface area contributed by atoms with Crippen molar-refractivity contribution in [2.75, 3.05) is 20.8 Å². The molecule has 5 heteroatoms. The van der Waals surface area contributed by atoms with Crippen LogP contribution in [-0.4, -0.2) is 42.6 Å². The lowest BCUT2D eigenvalue weighted by Crippen LogP contribution is -2.41. The number of nitrogens with zero attached hydrogens (tertiary/aromatic N) is 2. The van der Waals surface area contributed by atoms with Crippen molar-refractivity contribution in [3.05, 3.63) is 52.5 Å². The summed E-state index contributed by atoms with van der Waals surface area (Å²) in [4.78, 5) is 18.1. The highest BCUT2D eigenvalue weighted by Gasteiger charge is 2.22. The summed E-state index contributed by atoms with van der Waals surface area (Å²) in [6.45, 7) is 0.501. The van der Waals surface area contributed by atoms with Gasteiger partial charge in [0.2, 0.25) is 0 Å². The van der Waals surface area contributed by atoms with Gasteiger partial charge in [0, 0.05) is 19.5 Å². The number of benzene rings is 1. The van der Waals surface area contributed by atoms with Crippen LogP contribution in [0.1, 0.15) is 16.1 Å². The summed E-state index contributed by atoms with van der Waals surface area (Å²) >= 11 is 1.42. The SMILES string of the molecule is COC[C@H](Cc1ccccc1)N(C)C(=O)c1cscn1. The topological polar surface area (TPSA) is 42.4 Å². The Hall–Kier alpha value is -1.72. The molecule has 0 radical (unpaired) electrons. The zero-order chi connectivity index (χ0) is 14.4. The van der Waals surface area contributed by atoms with Crippen molar-refractivity contribution in [3.63, 3.8) is 0 Å². The Morgan fingerprint density at radius 2 is 2.15 bits per heavy atom. The molecule has 1 aromatic carbocycles. The summed E-state index contributed by atoms with van der Waals surface area (Å²) < 4.78 is 5.25. The van der Waals surface area contributed by atoms with Crippen molar-refractivity contribution in [2.24, 2.45) is 0 Å². The van der Waals surface area contributed by atoms with Crippen molar-refractivity contribution < 1.29 is 9.53 Å². The number of aromatic nitrogens is 1. The minimum absolute atomic E-state index is 0.00315. The summed E-state index contributed by atoms with van der Waals surface area (Å²) in [7, 11) is 3.45. The summed E-state index contributed by atoms with van der Waals surface area (Å²) in [6, 6.07) is 10.1. The molecule has 2 rings (SSSR count). The van der Waals surface area contributed by atoms with Gasteiger partial charge in [0.15, 0.2) is 0 Å². The quantitative estimate of drug-likeness (QED) is 0.821. The predicted molar refractivity (Wildman–Crippen MR) is 80.0 cm³/mol. The van der Waals surface area contributed by atoms with E-state index in [1.54, 1.807) is 29.9 Å². The van der Waals surface area contributed by atoms with Crippen molar-refractivity contribution in [1.29, 1.82) is 0 Å². The molecule has 1 aromatic heterocycles. The summed E-state index contributed by atoms with van der Waals surface area (Å²) in [6.07, 6.45) is 0.765. The van der Waals surface area contributed by atoms with E-state index in [2.05, 4.69) is 17.1 Å². The zero-order valence-electron chi connectivity index (χ0n) is 11.7. The maximum atomic E-state index is 12.3. The molecule has 0 spiro atoms. The predicted octanol–water partition coefficient (Wildman–Crippen LogP) is 2.47. The van der Waals surface area contributed by atoms with Gasteiger partial charge >= 0.3 is 0 Å². The van der Waals surface area contributed by atoms with E-state index in [4.69, 9.17) is 4.74 Å². The van der Waals surface area contributed by atoms with Crippen molar-refractivity contribution >= 4 is 17.2 Å². The molecule has 0 N–H and O–H groups in total. The molecule has 0 aliphatic rings. The lowest BCUT2D eigenvalue weighted by Gasteiger charge is -2.27. The average molecular weight is 290 g/mol. The summed E-state index contributed by atoms with van der Waals surface area (Å²) in [5.74, 6) is -0.0655. The van der Waals surface area contributed by atoms with Gasteiger partial charge in [-0.05, 0) is 12.0 Å². The Balaban J connectivity index is 2.09. The monoisotopic (exact) mass is 290 g/mol. The highest BCUT2D eigenvalue weighted by Crippen LogP contribution is 2.12. The van der Waals surface area contributed by atoms with Crippen LogP contribution in [0.4, 0.5) is 0 Å². The Morgan fingerprint density at radius 3 is 2.75 bits per heavy atom. The average Bonchev–Trinajstić information content (AvgIpc) is 3.00. The van der Waals surface area contributed by atoms with Crippen LogP contribution >= 0.6 is 11.3 Å². The summed E-state index contributed by atoms with van der Waals surface area (Å²) in [5, 5.41) is 1.77. The largest absolute Gasteiger partial charge is 0.383 e. The van der Waals surface area contributed by atoms with Gasteiger partial charge in [-0.3, -0.25) is 4.79 Å². The molecule has 20 heavy (non-hydrogen) atoms. The molecule has 0 bridgehead atoms. The normalized spacial score (nSPS) is 12.1. The molecule has 1 atom stereocenters. The number of amides is 1. The molecule has 106 valence electrons. The van der Waals surface area contributed by atoms with Crippen LogP contribution in [0.3, 0.4) is 0 Å². The maximum Gasteiger partial charge on any atom is 0.273 e. The summed E-state index contributed by atoms with van der Waals surface area (Å²) in [5.41, 5.74) is 3.35. The van der Waals surface area contributed by atoms with E-state index in [1.165, 1.54) is 16.9 Å². The molecule has 0 fully saturated rings. The molecule has 0 unspecified atom stereocenters. The fourth-order valence-electron chi connectivity index (χ4n) is 2.05. The van der Waals surface area contributed by atoms with Gasteiger partial charge in [-0.15, -0.1) is 11.3 Å². The Bertz CT molecular complexity index is 528. The molecule has 0 aliphatic heterocycles. The van der Waals surface area contributed by atoms with Gasteiger partial charge < -0.3 is 9.64 Å². The van der Waals surface area contributed by atoms with Gasteiger partial charge in [-0.2, -0.15) is 0 Å². The number of hydrogen-bond donors (Lipinski definition) is 0. The number of thiazole rings is 1. The second kappa shape index (κ2) is 7.17. The third-order valence-corrected chi connectivity index (χ3v) is 3.78. The van der Waals surface area contributed by atoms with E-state index in [0.29, 0.717) is 12.3 Å². The minimum atomic E-state index is -0.0655. The van der Waals surface area contributed by atoms with Crippen LogP contribution in [0, 0.1) is 0 Å². The first-order valence-corrected chi connectivity index (χ1v) is 7.35. The standard InChI is InChI=1S/C15H18N2O2S/c1-17(15(18)14-10-20-11-16-14)13(9-19-2)8-12-6-4-3-5-7-12/h3-7,10-11,13H,8-9H2,1-2H3/t13-/m0/s1. The Kier molecular flexibility index (Phi) is 5.26. The number of rotatable bonds is 6. The Morgan fingerprint density at radius 1 is 1.40 bits per heavy atom. The number of carbonyl (C=O) groups excluding carboxylic acids is 1. The molecule has 1 amide bonds. The molecule has 2 aromatic rings. The fourth-order valence-corrected chi connectivity index (χ4v) is 2.58. The minimum Gasteiger partial charge on any atom is -0.383 e. The molecule has 4 nitrogen and oxygen atoms in total. The first-order valence-electron chi connectivity index (χ1n) is 6.40. The van der Waals surface area contributed by atoms with Gasteiger partial charge in [-0.1, -0.05) is 30.3 Å². The lowest BCUT2D eigenvalue weighted by molar-refractivity contribution is 0.0600. The van der Waals surface area contributed by atoms with E-state index in [1.807, 2.05) is 18.2 Å². The second-order valence-electron chi connectivity index (χ2n) is 4.59. The molecular weight excluding hydrogens is 272 g/mol. The van der Waals surface area contributed by atoms with Crippen molar-refractivity contribution in [1.82, 2.24) is 9.88 Å². The third kappa shape index (κ3) is 3.65. The van der Waals surface area contributed by atoms with Gasteiger partial charge in [0.25, 0.3) is 5.91 Å². The van der Waals surface area contributed by atoms with Crippen LogP contribution < -0.4 is 0 Å². The number of ether oxygens (including phenoxy) is 1. The van der Waals surface area contributed by atoms with Crippen LogP contribution in [-0.2, 0) is 11.2 Å². The van der Waals surface area contributed by atoms with Crippen LogP contribution in [0.25, 0.3) is 0 Å². The number of carbonyl (C=O) groups is 1. The van der Waals surface area contributed by atoms with E-state index >= 15 is 0 Å². The molecule has 0 aliphatic carbocycles. The van der Waals surface area contributed by atoms with Crippen LogP contribution in [0.5, 0.6) is 0 Å². The third-order valence-electron chi connectivity index (χ3n) is 3.19. The van der Waals surface area contributed by atoms with Gasteiger partial charge in [0.1, 0.15) is 5.69 Å². The highest BCUT2D eigenvalue weighted by atomic mass is 32.1. The van der Waals surface area contributed by atoms with Gasteiger partial charge in [-0.25, -0.2) is 4.98 Å². The molecule has 1 heterocycles. The maximum absolute atomic E-state index is 12.3. The molecule has 0 saturated carbocycles. The zero-order valence-corrected chi connectivity index (χ0v) is 12.5. The van der Waals surface area contributed by atoms with E-state index in [-0.39, 0.29) is 11.9 Å². The first-order chi connectivity index (χ1) is 9.72. The number of methoxy groups -OCH3 is 1. The lowest BCUT2D eigenvalue weighted by atomic mass is 10.1. The fraction of sp³-hybridized carbons (Fsp3) is 0.333. The van der Waals surface area contributed by atoms with E-state index in [0.717, 1.165) is 6.42 Å². The number of likely N-dealkylation sites (N-methyl/N-ethyl adjacent to an activating group) is 1.